The maximum Gasteiger partial charge on any atom is 0.150 e. The van der Waals surface area contributed by atoms with Gasteiger partial charge in [-0.2, -0.15) is 11.1 Å². The fraction of sp³-hybridized carbons (Fsp3) is 1.00. The van der Waals surface area contributed by atoms with Crippen molar-refractivity contribution in [3.8, 4) is 0 Å². The van der Waals surface area contributed by atoms with E-state index in [0.717, 1.165) is 5.88 Å². The Morgan fingerprint density at radius 2 is 0.472 bits per heavy atom. The lowest BCUT2D eigenvalue weighted by Crippen LogP contribution is -2.14. The molecule has 3 heteroatoms. The third kappa shape index (κ3) is 34.8. The van der Waals surface area contributed by atoms with Gasteiger partial charge in [-0.3, -0.25) is 0 Å². The monoisotopic (exact) mass is 562 g/mol. The fourth-order valence-corrected chi connectivity index (χ4v) is 7.09. The first-order valence-electron chi connectivity index (χ1n) is 16.8. The summed E-state index contributed by atoms with van der Waals surface area (Å²) in [5.41, 5.74) is 0. The summed E-state index contributed by atoms with van der Waals surface area (Å²) in [4.78, 5) is 0. The molecule has 0 rings (SSSR count). The molecule has 0 aromatic heterocycles. The Morgan fingerprint density at radius 1 is 0.306 bits per heavy atom. The number of halogens is 2. The molecular formula is C33H68Cl2Si. The number of rotatable bonds is 31. The maximum absolute atomic E-state index is 6.39. The molecule has 0 spiro atoms. The van der Waals surface area contributed by atoms with E-state index in [-0.39, 0.29) is 0 Å². The van der Waals surface area contributed by atoms with Gasteiger partial charge in [-0.05, 0) is 12.5 Å². The van der Waals surface area contributed by atoms with Crippen LogP contribution in [-0.2, 0) is 0 Å². The van der Waals surface area contributed by atoms with Crippen molar-refractivity contribution in [3.05, 3.63) is 0 Å². The van der Waals surface area contributed by atoms with E-state index in [4.69, 9.17) is 22.7 Å². The largest absolute Gasteiger partial charge is 0.168 e. The van der Waals surface area contributed by atoms with Crippen LogP contribution in [0.4, 0.5) is 0 Å². The van der Waals surface area contributed by atoms with Crippen LogP contribution in [0.5, 0.6) is 0 Å². The van der Waals surface area contributed by atoms with Gasteiger partial charge < -0.3 is 0 Å². The molecule has 0 aliphatic heterocycles. The summed E-state index contributed by atoms with van der Waals surface area (Å²) in [7, 11) is -1.31. The molecule has 0 amide bonds. The van der Waals surface area contributed by atoms with Crippen LogP contribution in [0.1, 0.15) is 186 Å². The Labute approximate surface area is 240 Å². The van der Waals surface area contributed by atoms with Crippen LogP contribution >= 0.6 is 22.7 Å². The standard InChI is InChI=1S/C33H68Cl2Si/c1-36(2,35)33-31-29-27-25-23-21-19-17-15-13-11-9-7-5-3-4-6-8-10-12-14-16-18-20-22-24-26-28-30-32-34/h3-33H2,1-2H3. The number of unbranched alkanes of at least 4 members (excludes halogenated alkanes) is 28. The molecule has 36 heavy (non-hydrogen) atoms. The minimum Gasteiger partial charge on any atom is -0.168 e. The summed E-state index contributed by atoms with van der Waals surface area (Å²) in [6.07, 6.45) is 41.9. The minimum absolute atomic E-state index is 0.845. The summed E-state index contributed by atoms with van der Waals surface area (Å²) in [6.45, 7) is 4.55. The molecule has 0 radical (unpaired) electrons. The van der Waals surface area contributed by atoms with E-state index in [1.807, 2.05) is 0 Å². The summed E-state index contributed by atoms with van der Waals surface area (Å²) in [5, 5.41) is 0. The summed E-state index contributed by atoms with van der Waals surface area (Å²) < 4.78 is 0. The predicted octanol–water partition coefficient (Wildman–Crippen LogP) is 14.0. The van der Waals surface area contributed by atoms with E-state index in [0.29, 0.717) is 0 Å². The average Bonchev–Trinajstić information content (AvgIpc) is 2.84. The lowest BCUT2D eigenvalue weighted by Gasteiger charge is -2.11. The minimum atomic E-state index is -1.31. The zero-order chi connectivity index (χ0) is 26.4. The van der Waals surface area contributed by atoms with Crippen LogP contribution < -0.4 is 0 Å². The molecular weight excluding hydrogens is 495 g/mol. The van der Waals surface area contributed by atoms with Crippen LogP contribution in [0.25, 0.3) is 0 Å². The van der Waals surface area contributed by atoms with Crippen molar-refractivity contribution in [3.63, 3.8) is 0 Å². The molecule has 0 bridgehead atoms. The Bertz CT molecular complexity index is 394. The van der Waals surface area contributed by atoms with Crippen molar-refractivity contribution >= 4 is 30.1 Å². The van der Waals surface area contributed by atoms with Crippen LogP contribution in [-0.4, -0.2) is 13.3 Å². The third-order valence-corrected chi connectivity index (χ3v) is 10.3. The van der Waals surface area contributed by atoms with Gasteiger partial charge in [0.25, 0.3) is 0 Å². The maximum atomic E-state index is 6.39. The van der Waals surface area contributed by atoms with Gasteiger partial charge in [-0.15, -0.1) is 11.6 Å². The van der Waals surface area contributed by atoms with Gasteiger partial charge in [0.15, 0.2) is 0 Å². The van der Waals surface area contributed by atoms with Gasteiger partial charge in [-0.1, -0.05) is 193 Å². The van der Waals surface area contributed by atoms with Crippen molar-refractivity contribution in [1.29, 1.82) is 0 Å². The molecule has 0 aromatic rings. The molecule has 0 N–H and O–H groups in total. The molecule has 0 atom stereocenters. The molecule has 0 aliphatic carbocycles. The van der Waals surface area contributed by atoms with Gasteiger partial charge in [0.1, 0.15) is 7.38 Å². The summed E-state index contributed by atoms with van der Waals surface area (Å²) >= 11 is 12.1. The second kappa shape index (κ2) is 30.3. The molecule has 0 heterocycles. The molecule has 0 unspecified atom stereocenters. The Morgan fingerprint density at radius 3 is 0.639 bits per heavy atom. The van der Waals surface area contributed by atoms with Crippen LogP contribution in [0.2, 0.25) is 19.1 Å². The van der Waals surface area contributed by atoms with E-state index in [1.54, 1.807) is 0 Å². The lowest BCUT2D eigenvalue weighted by molar-refractivity contribution is 0.514. The summed E-state index contributed by atoms with van der Waals surface area (Å²) in [5.74, 6) is 0.845. The zero-order valence-electron chi connectivity index (χ0n) is 25.2. The van der Waals surface area contributed by atoms with E-state index < -0.39 is 7.38 Å². The molecule has 0 aromatic carbocycles. The first kappa shape index (κ1) is 36.8. The van der Waals surface area contributed by atoms with E-state index in [2.05, 4.69) is 13.1 Å². The van der Waals surface area contributed by atoms with Gasteiger partial charge in [-0.25, -0.2) is 0 Å². The normalized spacial score (nSPS) is 12.0. The van der Waals surface area contributed by atoms with Gasteiger partial charge >= 0.3 is 0 Å². The van der Waals surface area contributed by atoms with E-state index >= 15 is 0 Å². The highest BCUT2D eigenvalue weighted by molar-refractivity contribution is 7.19. The highest BCUT2D eigenvalue weighted by Crippen LogP contribution is 2.20. The Balaban J connectivity index is 3.03. The lowest BCUT2D eigenvalue weighted by atomic mass is 10.0. The number of alkyl halides is 1. The van der Waals surface area contributed by atoms with E-state index in [1.165, 1.54) is 192 Å². The molecule has 0 nitrogen and oxygen atoms in total. The van der Waals surface area contributed by atoms with Crippen molar-refractivity contribution < 1.29 is 0 Å². The average molecular weight is 564 g/mol. The molecule has 0 aliphatic rings. The van der Waals surface area contributed by atoms with Crippen molar-refractivity contribution in [1.82, 2.24) is 0 Å². The SMILES string of the molecule is C[Si](C)(Cl)CCCCCCCCCCCCCCCCCCCCCCCCCCCCCCCCl. The molecule has 218 valence electrons. The number of hydrogen-bond acceptors (Lipinski definition) is 0. The first-order chi connectivity index (χ1) is 17.6. The topological polar surface area (TPSA) is 0 Å². The zero-order valence-corrected chi connectivity index (χ0v) is 27.7. The summed E-state index contributed by atoms with van der Waals surface area (Å²) in [6, 6.07) is 1.30. The highest BCUT2D eigenvalue weighted by atomic mass is 35.6. The molecule has 0 fully saturated rings. The van der Waals surface area contributed by atoms with Crippen LogP contribution in [0, 0.1) is 0 Å². The van der Waals surface area contributed by atoms with Crippen LogP contribution in [0.15, 0.2) is 0 Å². The van der Waals surface area contributed by atoms with Crippen LogP contribution in [0.3, 0.4) is 0 Å². The van der Waals surface area contributed by atoms with Crippen molar-refractivity contribution in [2.24, 2.45) is 0 Å². The Hall–Kier alpha value is 0.797. The first-order valence-corrected chi connectivity index (χ1v) is 21.6. The quantitative estimate of drug-likeness (QED) is 0.0340. The second-order valence-corrected chi connectivity index (χ2v) is 19.8. The van der Waals surface area contributed by atoms with Gasteiger partial charge in [0, 0.05) is 5.88 Å². The van der Waals surface area contributed by atoms with E-state index in [9.17, 15) is 0 Å². The fourth-order valence-electron chi connectivity index (χ4n) is 5.41. The molecule has 0 saturated carbocycles. The van der Waals surface area contributed by atoms with Gasteiger partial charge in [0.05, 0.1) is 0 Å². The predicted molar refractivity (Wildman–Crippen MR) is 173 cm³/mol. The number of hydrogen-bond donors (Lipinski definition) is 0. The molecule has 0 saturated heterocycles. The second-order valence-electron chi connectivity index (χ2n) is 12.4. The third-order valence-electron chi connectivity index (χ3n) is 7.90. The smallest absolute Gasteiger partial charge is 0.150 e. The highest BCUT2D eigenvalue weighted by Gasteiger charge is 2.15. The van der Waals surface area contributed by atoms with Gasteiger partial charge in [0.2, 0.25) is 0 Å². The Kier molecular flexibility index (Phi) is 31.0. The van der Waals surface area contributed by atoms with Crippen molar-refractivity contribution in [2.45, 2.75) is 205 Å². The van der Waals surface area contributed by atoms with Crippen molar-refractivity contribution in [2.75, 3.05) is 5.88 Å².